The molecule has 4 heteroatoms. The van der Waals surface area contributed by atoms with E-state index in [1.165, 1.54) is 0 Å². The Kier molecular flexibility index (Phi) is 45.0. The summed E-state index contributed by atoms with van der Waals surface area (Å²) in [6.45, 7) is 5.83. The Hall–Kier alpha value is 1.71. The van der Waals surface area contributed by atoms with Gasteiger partial charge in [-0.3, -0.25) is 0 Å². The first-order valence-corrected chi connectivity index (χ1v) is 3.62. The van der Waals surface area contributed by atoms with Crippen molar-refractivity contribution in [2.75, 3.05) is 13.2 Å². The Labute approximate surface area is 112 Å². The maximum atomic E-state index is 5.20. The summed E-state index contributed by atoms with van der Waals surface area (Å²) in [5.74, 6) is 0. The zero-order chi connectivity index (χ0) is 6.95. The van der Waals surface area contributed by atoms with Crippen LogP contribution in [0.1, 0.15) is 26.7 Å². The minimum atomic E-state index is 0. The van der Waals surface area contributed by atoms with Gasteiger partial charge in [0.2, 0.25) is 0 Å². The van der Waals surface area contributed by atoms with Gasteiger partial charge in [0.05, 0.1) is 0 Å². The Bertz CT molecular complexity index is 47.6. The van der Waals surface area contributed by atoms with Crippen molar-refractivity contribution in [3.63, 3.8) is 0 Å². The van der Waals surface area contributed by atoms with Gasteiger partial charge in [-0.15, -0.1) is 0 Å². The maximum Gasteiger partial charge on any atom is 0 e. The molecule has 12 heavy (non-hydrogen) atoms. The van der Waals surface area contributed by atoms with E-state index >= 15 is 0 Å². The van der Waals surface area contributed by atoms with Crippen LogP contribution >= 0.6 is 0 Å². The third kappa shape index (κ3) is 22.6. The molecule has 3 radical (unpaired) electrons. The number of hydrogen-bond donors (Lipinski definition) is 0. The quantitative estimate of drug-likeness (QED) is 0.536. The van der Waals surface area contributed by atoms with E-state index in [1.54, 1.807) is 0 Å². The molecule has 0 amide bonds. The molecule has 0 atom stereocenters. The van der Waals surface area contributed by atoms with Gasteiger partial charge < -0.3 is 17.6 Å². The van der Waals surface area contributed by atoms with Gasteiger partial charge in [0.15, 0.2) is 0 Å². The Morgan fingerprint density at radius 2 is 1.17 bits per heavy atom. The SMILES string of the molecule is CC[CH-]COC[CH-]CC.[V].[V].[V]. The molecule has 0 aliphatic carbocycles. The second kappa shape index (κ2) is 23.0. The smallest absolute Gasteiger partial charge is 0 e. The molecule has 0 heterocycles. The monoisotopic (exact) mass is 281 g/mol. The van der Waals surface area contributed by atoms with Gasteiger partial charge in [-0.2, -0.15) is 12.8 Å². The molecule has 0 aliphatic heterocycles. The van der Waals surface area contributed by atoms with Crippen LogP contribution < -0.4 is 0 Å². The summed E-state index contributed by atoms with van der Waals surface area (Å²) in [7, 11) is 0. The summed E-state index contributed by atoms with van der Waals surface area (Å²) in [6.07, 6.45) is 6.46. The molecule has 0 saturated carbocycles. The Morgan fingerprint density at radius 1 is 0.833 bits per heavy atom. The molecule has 0 saturated heterocycles. The van der Waals surface area contributed by atoms with E-state index in [-0.39, 0.29) is 55.7 Å². The molecule has 0 fully saturated rings. The molecule has 0 bridgehead atoms. The molecule has 0 aromatic rings. The summed E-state index contributed by atoms with van der Waals surface area (Å²) >= 11 is 0. The minimum Gasteiger partial charge on any atom is -0.445 e. The third-order valence-electron chi connectivity index (χ3n) is 1.05. The summed E-state index contributed by atoms with van der Waals surface area (Å²) in [4.78, 5) is 0. The zero-order valence-electron chi connectivity index (χ0n) is 7.73. The Morgan fingerprint density at radius 3 is 1.42 bits per heavy atom. The van der Waals surface area contributed by atoms with Crippen molar-refractivity contribution >= 4 is 0 Å². The van der Waals surface area contributed by atoms with E-state index < -0.39 is 0 Å². The van der Waals surface area contributed by atoms with E-state index in [9.17, 15) is 0 Å². The molecule has 0 spiro atoms. The van der Waals surface area contributed by atoms with Gasteiger partial charge >= 0.3 is 0 Å². The molecular weight excluding hydrogens is 265 g/mol. The number of hydrogen-bond acceptors (Lipinski definition) is 1. The van der Waals surface area contributed by atoms with Gasteiger partial charge in [0.25, 0.3) is 0 Å². The van der Waals surface area contributed by atoms with Crippen LogP contribution in [0.5, 0.6) is 0 Å². The van der Waals surface area contributed by atoms with Gasteiger partial charge in [-0.25, -0.2) is 0 Å². The van der Waals surface area contributed by atoms with Gasteiger partial charge in [0.1, 0.15) is 0 Å². The summed E-state index contributed by atoms with van der Waals surface area (Å²) in [5.41, 5.74) is 0. The second-order valence-electron chi connectivity index (χ2n) is 1.93. The van der Waals surface area contributed by atoms with Crippen LogP contribution in [0, 0.1) is 12.8 Å². The van der Waals surface area contributed by atoms with E-state index in [0.717, 1.165) is 26.1 Å². The predicted octanol–water partition coefficient (Wildman–Crippen LogP) is 2.22. The number of ether oxygens (including phenoxy) is 1. The van der Waals surface area contributed by atoms with Crippen molar-refractivity contribution < 1.29 is 60.4 Å². The molecule has 0 aromatic heterocycles. The van der Waals surface area contributed by atoms with Crippen LogP contribution in [0.3, 0.4) is 0 Å². The van der Waals surface area contributed by atoms with Crippen molar-refractivity contribution in [3.05, 3.63) is 12.8 Å². The van der Waals surface area contributed by atoms with Crippen LogP contribution in [-0.4, -0.2) is 13.2 Å². The fourth-order valence-corrected chi connectivity index (χ4v) is 0.470. The third-order valence-corrected chi connectivity index (χ3v) is 1.05. The minimum absolute atomic E-state index is 0. The molecule has 0 N–H and O–H groups in total. The number of unbranched alkanes of at least 4 members (excludes halogenated alkanes) is 2. The van der Waals surface area contributed by atoms with Gasteiger partial charge in [-0.05, 0) is 0 Å². The van der Waals surface area contributed by atoms with Crippen molar-refractivity contribution in [2.45, 2.75) is 26.7 Å². The Balaban J connectivity index is -0.000000107. The van der Waals surface area contributed by atoms with Crippen molar-refractivity contribution in [1.29, 1.82) is 0 Å². The summed E-state index contributed by atoms with van der Waals surface area (Å²) in [5, 5.41) is 0. The van der Waals surface area contributed by atoms with Crippen molar-refractivity contribution in [1.82, 2.24) is 0 Å². The van der Waals surface area contributed by atoms with Crippen LogP contribution in [0.2, 0.25) is 0 Å². The van der Waals surface area contributed by atoms with E-state index in [0.29, 0.717) is 0 Å². The fraction of sp³-hybridized carbons (Fsp3) is 0.750. The first-order valence-electron chi connectivity index (χ1n) is 3.62. The van der Waals surface area contributed by atoms with Crippen LogP contribution in [0.15, 0.2) is 0 Å². The molecule has 0 unspecified atom stereocenters. The van der Waals surface area contributed by atoms with Crippen LogP contribution in [-0.2, 0) is 60.4 Å². The maximum absolute atomic E-state index is 5.20. The largest absolute Gasteiger partial charge is 0.445 e. The fourth-order valence-electron chi connectivity index (χ4n) is 0.470. The van der Waals surface area contributed by atoms with Gasteiger partial charge in [0, 0.05) is 55.7 Å². The average molecular weight is 281 g/mol. The van der Waals surface area contributed by atoms with Crippen molar-refractivity contribution in [2.24, 2.45) is 0 Å². The van der Waals surface area contributed by atoms with E-state index in [4.69, 9.17) is 4.74 Å². The average Bonchev–Trinajstić information content (AvgIpc) is 1.89. The molecule has 0 rings (SSSR count). The summed E-state index contributed by atoms with van der Waals surface area (Å²) in [6, 6.07) is 0. The van der Waals surface area contributed by atoms with Gasteiger partial charge in [-0.1, -0.05) is 27.1 Å². The molecule has 0 aliphatic rings. The first kappa shape index (κ1) is 23.5. The van der Waals surface area contributed by atoms with E-state index in [2.05, 4.69) is 26.7 Å². The zero-order valence-corrected chi connectivity index (χ0v) is 11.9. The molecule has 0 aromatic carbocycles. The first-order chi connectivity index (χ1) is 4.41. The standard InChI is InChI=1S/C8H16O.3V/c1-3-5-7-9-8-6-4-2;;;/h5-6H,3-4,7-8H2,1-2H3;;;/q-2;;;. The van der Waals surface area contributed by atoms with Crippen LogP contribution in [0.4, 0.5) is 0 Å². The van der Waals surface area contributed by atoms with Crippen molar-refractivity contribution in [3.8, 4) is 0 Å². The van der Waals surface area contributed by atoms with Crippen LogP contribution in [0.25, 0.3) is 0 Å². The molecule has 1 nitrogen and oxygen atoms in total. The second-order valence-corrected chi connectivity index (χ2v) is 1.93. The topological polar surface area (TPSA) is 9.23 Å². The normalized spacial score (nSPS) is 7.50. The number of rotatable bonds is 6. The molecular formula is C8H16OV3-2. The predicted molar refractivity (Wildman–Crippen MR) is 40.0 cm³/mol. The van der Waals surface area contributed by atoms with E-state index in [1.807, 2.05) is 0 Å². The molecule has 71 valence electrons. The summed E-state index contributed by atoms with van der Waals surface area (Å²) < 4.78 is 5.20.